The minimum atomic E-state index is 0.338. The fourth-order valence-corrected chi connectivity index (χ4v) is 2.28. The highest BCUT2D eigenvalue weighted by atomic mass is 79.9. The van der Waals surface area contributed by atoms with Crippen molar-refractivity contribution in [1.82, 2.24) is 14.7 Å². The second-order valence-corrected chi connectivity index (χ2v) is 5.61. The number of nitrogens with zero attached hydrogens (tertiary/aromatic N) is 3. The van der Waals surface area contributed by atoms with Crippen LogP contribution in [0.5, 0.6) is 0 Å². The van der Waals surface area contributed by atoms with Crippen LogP contribution in [0.1, 0.15) is 31.9 Å². The van der Waals surface area contributed by atoms with Gasteiger partial charge in [-0.25, -0.2) is 0 Å². The van der Waals surface area contributed by atoms with Gasteiger partial charge in [-0.3, -0.25) is 9.48 Å². The van der Waals surface area contributed by atoms with Crippen LogP contribution in [-0.2, 0) is 17.8 Å². The van der Waals surface area contributed by atoms with E-state index >= 15 is 0 Å². The largest absolute Gasteiger partial charge is 0.308 e. The molecule has 5 heteroatoms. The van der Waals surface area contributed by atoms with Gasteiger partial charge in [0.05, 0.1) is 22.9 Å². The van der Waals surface area contributed by atoms with E-state index in [1.165, 1.54) is 0 Å². The summed E-state index contributed by atoms with van der Waals surface area (Å²) < 4.78 is 2.99. The molecule has 0 unspecified atom stereocenters. The Morgan fingerprint density at radius 1 is 1.44 bits per heavy atom. The Morgan fingerprint density at radius 2 is 2.17 bits per heavy atom. The molecule has 1 heterocycles. The summed E-state index contributed by atoms with van der Waals surface area (Å²) in [6.07, 6.45) is 4.81. The molecule has 0 aliphatic rings. The molecule has 1 rings (SSSR count). The highest BCUT2D eigenvalue weighted by Gasteiger charge is 2.10. The third kappa shape index (κ3) is 4.90. The van der Waals surface area contributed by atoms with E-state index in [0.717, 1.165) is 36.1 Å². The van der Waals surface area contributed by atoms with Gasteiger partial charge < -0.3 is 4.90 Å². The number of hydrogen-bond donors (Lipinski definition) is 0. The number of rotatable bonds is 8. The number of aromatic nitrogens is 2. The molecule has 0 N–H and O–H groups in total. The summed E-state index contributed by atoms with van der Waals surface area (Å²) in [5.74, 6) is 0.338. The maximum absolute atomic E-state index is 11.6. The van der Waals surface area contributed by atoms with Crippen LogP contribution in [0.15, 0.2) is 10.7 Å². The average Bonchev–Trinajstić information content (AvgIpc) is 2.65. The van der Waals surface area contributed by atoms with Gasteiger partial charge in [0.2, 0.25) is 0 Å². The second-order valence-electron chi connectivity index (χ2n) is 4.75. The number of Topliss-reactive ketones (excluding diaryl/α,β-unsaturated/α-hetero) is 1. The first-order valence-electron chi connectivity index (χ1n) is 6.41. The monoisotopic (exact) mass is 315 g/mol. The van der Waals surface area contributed by atoms with Gasteiger partial charge in [-0.1, -0.05) is 6.92 Å². The topological polar surface area (TPSA) is 38.1 Å². The minimum absolute atomic E-state index is 0.338. The van der Waals surface area contributed by atoms with Crippen LogP contribution < -0.4 is 0 Å². The summed E-state index contributed by atoms with van der Waals surface area (Å²) in [6, 6.07) is 0. The lowest BCUT2D eigenvalue weighted by atomic mass is 10.1. The maximum atomic E-state index is 11.6. The molecule has 4 nitrogen and oxygen atoms in total. The van der Waals surface area contributed by atoms with Crippen molar-refractivity contribution in [2.45, 2.75) is 39.2 Å². The Balaban J connectivity index is 2.58. The lowest BCUT2D eigenvalue weighted by molar-refractivity contribution is -0.119. The maximum Gasteiger partial charge on any atom is 0.133 e. The summed E-state index contributed by atoms with van der Waals surface area (Å²) in [4.78, 5) is 13.7. The van der Waals surface area contributed by atoms with E-state index < -0.39 is 0 Å². The van der Waals surface area contributed by atoms with Gasteiger partial charge in [0.25, 0.3) is 0 Å². The van der Waals surface area contributed by atoms with Crippen LogP contribution in [-0.4, -0.2) is 41.1 Å². The van der Waals surface area contributed by atoms with Crippen LogP contribution in [0.2, 0.25) is 0 Å². The molecule has 1 aromatic rings. The molecule has 0 aromatic carbocycles. The molecular weight excluding hydrogens is 294 g/mol. The summed E-state index contributed by atoms with van der Waals surface area (Å²) in [7, 11) is 4.09. The third-order valence-electron chi connectivity index (χ3n) is 2.83. The molecule has 0 atom stereocenters. The number of halogens is 1. The molecule has 0 amide bonds. The SMILES string of the molecule is CCCC(=O)CCc1c(Br)cnn1CCN(C)C. The lowest BCUT2D eigenvalue weighted by Crippen LogP contribution is -2.20. The first kappa shape index (κ1) is 15.4. The van der Waals surface area contributed by atoms with E-state index in [-0.39, 0.29) is 0 Å². The second kappa shape index (κ2) is 7.69. The van der Waals surface area contributed by atoms with Gasteiger partial charge in [-0.15, -0.1) is 0 Å². The molecule has 0 fully saturated rings. The molecule has 0 radical (unpaired) electrons. The predicted octanol–water partition coefficient (Wildman–Crippen LogP) is 2.51. The number of carbonyl (C=O) groups excluding carboxylic acids is 1. The number of ketones is 1. The van der Waals surface area contributed by atoms with E-state index in [0.29, 0.717) is 18.6 Å². The molecule has 0 saturated heterocycles. The summed E-state index contributed by atoms with van der Waals surface area (Å²) in [5.41, 5.74) is 1.13. The summed E-state index contributed by atoms with van der Waals surface area (Å²) >= 11 is 3.51. The van der Waals surface area contributed by atoms with Gasteiger partial charge in [0.1, 0.15) is 5.78 Å². The van der Waals surface area contributed by atoms with Crippen molar-refractivity contribution in [3.05, 3.63) is 16.4 Å². The molecular formula is C13H22BrN3O. The summed E-state index contributed by atoms with van der Waals surface area (Å²) in [5, 5.41) is 4.34. The van der Waals surface area contributed by atoms with Crippen molar-refractivity contribution in [2.24, 2.45) is 0 Å². The van der Waals surface area contributed by atoms with Crippen LogP contribution >= 0.6 is 15.9 Å². The average molecular weight is 316 g/mol. The molecule has 0 aliphatic heterocycles. The molecule has 0 bridgehead atoms. The molecule has 18 heavy (non-hydrogen) atoms. The molecule has 0 spiro atoms. The lowest BCUT2D eigenvalue weighted by Gasteiger charge is -2.12. The Kier molecular flexibility index (Phi) is 6.57. The van der Waals surface area contributed by atoms with Crippen LogP contribution in [0.4, 0.5) is 0 Å². The quantitative estimate of drug-likeness (QED) is 0.740. The number of carbonyl (C=O) groups is 1. The first-order chi connectivity index (χ1) is 8.54. The zero-order chi connectivity index (χ0) is 13.5. The number of likely N-dealkylation sites (N-methyl/N-ethyl adjacent to an activating group) is 1. The summed E-state index contributed by atoms with van der Waals surface area (Å²) in [6.45, 7) is 3.84. The van der Waals surface area contributed by atoms with Gasteiger partial charge in [0, 0.05) is 19.4 Å². The van der Waals surface area contributed by atoms with E-state index in [1.807, 2.05) is 31.9 Å². The van der Waals surface area contributed by atoms with Gasteiger partial charge in [-0.05, 0) is 42.9 Å². The highest BCUT2D eigenvalue weighted by Crippen LogP contribution is 2.18. The Hall–Kier alpha value is -0.680. The standard InChI is InChI=1S/C13H22BrN3O/c1-4-5-11(18)6-7-13-12(14)10-15-17(13)9-8-16(2)3/h10H,4-9H2,1-3H3. The molecule has 1 aromatic heterocycles. The zero-order valence-electron chi connectivity index (χ0n) is 11.4. The molecule has 0 saturated carbocycles. The highest BCUT2D eigenvalue weighted by molar-refractivity contribution is 9.10. The van der Waals surface area contributed by atoms with Gasteiger partial charge >= 0.3 is 0 Å². The van der Waals surface area contributed by atoms with Crippen molar-refractivity contribution in [1.29, 1.82) is 0 Å². The fraction of sp³-hybridized carbons (Fsp3) is 0.692. The Labute approximate surface area is 117 Å². The van der Waals surface area contributed by atoms with E-state index in [2.05, 4.69) is 25.9 Å². The van der Waals surface area contributed by atoms with Gasteiger partial charge in [0.15, 0.2) is 0 Å². The van der Waals surface area contributed by atoms with E-state index in [1.54, 1.807) is 0 Å². The van der Waals surface area contributed by atoms with Crippen molar-refractivity contribution in [3.63, 3.8) is 0 Å². The Morgan fingerprint density at radius 3 is 2.78 bits per heavy atom. The Bertz CT molecular complexity index is 388. The third-order valence-corrected chi connectivity index (χ3v) is 3.49. The normalized spacial score (nSPS) is 11.2. The van der Waals surface area contributed by atoms with Gasteiger partial charge in [-0.2, -0.15) is 5.10 Å². The van der Waals surface area contributed by atoms with E-state index in [9.17, 15) is 4.79 Å². The van der Waals surface area contributed by atoms with E-state index in [4.69, 9.17) is 0 Å². The molecule has 0 aliphatic carbocycles. The van der Waals surface area contributed by atoms with Crippen molar-refractivity contribution >= 4 is 21.7 Å². The van der Waals surface area contributed by atoms with Crippen molar-refractivity contribution < 1.29 is 4.79 Å². The predicted molar refractivity (Wildman–Crippen MR) is 76.7 cm³/mol. The number of hydrogen-bond acceptors (Lipinski definition) is 3. The smallest absolute Gasteiger partial charge is 0.133 e. The van der Waals surface area contributed by atoms with Crippen molar-refractivity contribution in [2.75, 3.05) is 20.6 Å². The van der Waals surface area contributed by atoms with Crippen molar-refractivity contribution in [3.8, 4) is 0 Å². The minimum Gasteiger partial charge on any atom is -0.308 e. The zero-order valence-corrected chi connectivity index (χ0v) is 13.0. The fourth-order valence-electron chi connectivity index (χ4n) is 1.79. The first-order valence-corrected chi connectivity index (χ1v) is 7.20. The molecule has 102 valence electrons. The van der Waals surface area contributed by atoms with Crippen LogP contribution in [0, 0.1) is 0 Å². The van der Waals surface area contributed by atoms with Crippen LogP contribution in [0.3, 0.4) is 0 Å². The van der Waals surface area contributed by atoms with Crippen LogP contribution in [0.25, 0.3) is 0 Å².